The topological polar surface area (TPSA) is 75.6 Å². The van der Waals surface area contributed by atoms with Crippen molar-refractivity contribution in [2.75, 3.05) is 6.61 Å². The van der Waals surface area contributed by atoms with Crippen LogP contribution in [0.2, 0.25) is 0 Å². The zero-order valence-corrected chi connectivity index (χ0v) is 11.5. The third-order valence-corrected chi connectivity index (χ3v) is 3.30. The summed E-state index contributed by atoms with van der Waals surface area (Å²) in [5.74, 6) is -0.203. The van der Waals surface area contributed by atoms with Crippen LogP contribution in [0.25, 0.3) is 0 Å². The molecule has 1 saturated carbocycles. The van der Waals surface area contributed by atoms with Crippen LogP contribution in [-0.4, -0.2) is 29.6 Å². The van der Waals surface area contributed by atoms with Gasteiger partial charge in [0.15, 0.2) is 0 Å². The van der Waals surface area contributed by atoms with E-state index in [0.717, 1.165) is 12.8 Å². The number of hydrogen-bond donors (Lipinski definition) is 2. The summed E-state index contributed by atoms with van der Waals surface area (Å²) < 4.78 is 5.29. The summed E-state index contributed by atoms with van der Waals surface area (Å²) in [6.45, 7) is 2.45. The molecule has 1 amide bonds. The molecule has 2 N–H and O–H groups in total. The summed E-state index contributed by atoms with van der Waals surface area (Å²) in [6, 6.07) is 5.87. The Labute approximate surface area is 117 Å². The van der Waals surface area contributed by atoms with Crippen LogP contribution in [-0.2, 0) is 4.79 Å². The van der Waals surface area contributed by atoms with E-state index in [9.17, 15) is 9.59 Å². The molecule has 1 fully saturated rings. The van der Waals surface area contributed by atoms with Crippen molar-refractivity contribution < 1.29 is 19.4 Å². The van der Waals surface area contributed by atoms with Crippen LogP contribution in [0.1, 0.15) is 36.5 Å². The van der Waals surface area contributed by atoms with Crippen molar-refractivity contribution >= 4 is 11.9 Å². The Morgan fingerprint density at radius 1 is 1.35 bits per heavy atom. The molecule has 20 heavy (non-hydrogen) atoms. The first-order chi connectivity index (χ1) is 9.60. The first-order valence-corrected chi connectivity index (χ1v) is 6.86. The second-order valence-corrected chi connectivity index (χ2v) is 5.00. The first kappa shape index (κ1) is 14.4. The second-order valence-electron chi connectivity index (χ2n) is 5.00. The minimum atomic E-state index is -0.976. The zero-order valence-electron chi connectivity index (χ0n) is 11.5. The summed E-state index contributed by atoms with van der Waals surface area (Å²) in [5.41, 5.74) is 0.440. The number of rotatable bonds is 7. The SMILES string of the molecule is CCOc1ccc(C(=O)NC(CC2CC2)C(=O)O)cc1. The number of ether oxygens (including phenoxy) is 1. The third-order valence-electron chi connectivity index (χ3n) is 3.30. The lowest BCUT2D eigenvalue weighted by Crippen LogP contribution is -2.41. The van der Waals surface area contributed by atoms with Gasteiger partial charge in [-0.2, -0.15) is 0 Å². The van der Waals surface area contributed by atoms with Gasteiger partial charge in [0.1, 0.15) is 11.8 Å². The summed E-state index contributed by atoms with van der Waals surface area (Å²) in [7, 11) is 0. The van der Waals surface area contributed by atoms with Gasteiger partial charge in [0.25, 0.3) is 5.91 Å². The van der Waals surface area contributed by atoms with E-state index >= 15 is 0 Å². The van der Waals surface area contributed by atoms with E-state index in [-0.39, 0.29) is 5.91 Å². The van der Waals surface area contributed by atoms with Crippen LogP contribution in [0.3, 0.4) is 0 Å². The summed E-state index contributed by atoms with van der Waals surface area (Å²) in [5, 5.41) is 11.7. The number of carboxylic acids is 1. The molecule has 0 saturated heterocycles. The fourth-order valence-electron chi connectivity index (χ4n) is 2.02. The zero-order chi connectivity index (χ0) is 14.5. The lowest BCUT2D eigenvalue weighted by molar-refractivity contribution is -0.139. The summed E-state index contributed by atoms with van der Waals surface area (Å²) in [4.78, 5) is 23.1. The lowest BCUT2D eigenvalue weighted by atomic mass is 10.1. The molecule has 5 nitrogen and oxygen atoms in total. The number of carbonyl (C=O) groups excluding carboxylic acids is 1. The van der Waals surface area contributed by atoms with Crippen molar-refractivity contribution in [1.29, 1.82) is 0 Å². The number of carbonyl (C=O) groups is 2. The van der Waals surface area contributed by atoms with E-state index in [1.165, 1.54) is 0 Å². The number of amides is 1. The van der Waals surface area contributed by atoms with Gasteiger partial charge in [0, 0.05) is 5.56 Å². The molecule has 0 aromatic heterocycles. The van der Waals surface area contributed by atoms with E-state index in [0.29, 0.717) is 30.3 Å². The number of carboxylic acid groups (broad SMARTS) is 1. The lowest BCUT2D eigenvalue weighted by Gasteiger charge is -2.14. The highest BCUT2D eigenvalue weighted by Gasteiger charge is 2.30. The van der Waals surface area contributed by atoms with Crippen LogP contribution in [0, 0.1) is 5.92 Å². The minimum absolute atomic E-state index is 0.360. The molecule has 1 aromatic rings. The largest absolute Gasteiger partial charge is 0.494 e. The monoisotopic (exact) mass is 277 g/mol. The van der Waals surface area contributed by atoms with Crippen LogP contribution in [0.15, 0.2) is 24.3 Å². The fourth-order valence-corrected chi connectivity index (χ4v) is 2.02. The number of hydrogen-bond acceptors (Lipinski definition) is 3. The van der Waals surface area contributed by atoms with Crippen molar-refractivity contribution in [3.8, 4) is 5.75 Å². The molecule has 1 aliphatic rings. The van der Waals surface area contributed by atoms with Crippen molar-refractivity contribution in [2.45, 2.75) is 32.2 Å². The molecule has 2 rings (SSSR count). The van der Waals surface area contributed by atoms with Gasteiger partial charge in [0.2, 0.25) is 0 Å². The minimum Gasteiger partial charge on any atom is -0.494 e. The molecule has 0 bridgehead atoms. The summed E-state index contributed by atoms with van der Waals surface area (Å²) in [6.07, 6.45) is 2.63. The Hall–Kier alpha value is -2.04. The quantitative estimate of drug-likeness (QED) is 0.800. The van der Waals surface area contributed by atoms with E-state index < -0.39 is 12.0 Å². The third kappa shape index (κ3) is 3.98. The van der Waals surface area contributed by atoms with E-state index in [1.54, 1.807) is 24.3 Å². The Bertz CT molecular complexity index is 479. The highest BCUT2D eigenvalue weighted by molar-refractivity contribution is 5.96. The average Bonchev–Trinajstić information content (AvgIpc) is 3.23. The molecule has 5 heteroatoms. The average molecular weight is 277 g/mol. The van der Waals surface area contributed by atoms with Gasteiger partial charge in [-0.3, -0.25) is 4.79 Å². The maximum Gasteiger partial charge on any atom is 0.326 e. The van der Waals surface area contributed by atoms with Gasteiger partial charge in [-0.15, -0.1) is 0 Å². The molecular weight excluding hydrogens is 258 g/mol. The maximum absolute atomic E-state index is 12.0. The van der Waals surface area contributed by atoms with Crippen molar-refractivity contribution in [2.24, 2.45) is 5.92 Å². The molecule has 1 unspecified atom stereocenters. The second kappa shape index (κ2) is 6.41. The smallest absolute Gasteiger partial charge is 0.326 e. The molecule has 0 spiro atoms. The van der Waals surface area contributed by atoms with Crippen LogP contribution in [0.5, 0.6) is 5.75 Å². The molecule has 1 aromatic carbocycles. The van der Waals surface area contributed by atoms with Crippen LogP contribution >= 0.6 is 0 Å². The molecule has 0 heterocycles. The van der Waals surface area contributed by atoms with Gasteiger partial charge in [0.05, 0.1) is 6.61 Å². The molecule has 1 aliphatic carbocycles. The Kier molecular flexibility index (Phi) is 4.61. The van der Waals surface area contributed by atoms with Crippen molar-refractivity contribution in [1.82, 2.24) is 5.32 Å². The Balaban J connectivity index is 1.96. The van der Waals surface area contributed by atoms with E-state index in [4.69, 9.17) is 9.84 Å². The molecule has 0 radical (unpaired) electrons. The number of aliphatic carboxylic acids is 1. The fraction of sp³-hybridized carbons (Fsp3) is 0.467. The number of benzene rings is 1. The van der Waals surface area contributed by atoms with Gasteiger partial charge >= 0.3 is 5.97 Å². The van der Waals surface area contributed by atoms with Gasteiger partial charge in [-0.1, -0.05) is 12.8 Å². The molecular formula is C15H19NO4. The normalized spacial score (nSPS) is 15.4. The van der Waals surface area contributed by atoms with E-state index in [1.807, 2.05) is 6.92 Å². The predicted molar refractivity (Wildman–Crippen MR) is 73.8 cm³/mol. The summed E-state index contributed by atoms with van der Waals surface area (Å²) >= 11 is 0. The van der Waals surface area contributed by atoms with E-state index in [2.05, 4.69) is 5.32 Å². The first-order valence-electron chi connectivity index (χ1n) is 6.86. The predicted octanol–water partition coefficient (Wildman–Crippen LogP) is 2.07. The highest BCUT2D eigenvalue weighted by atomic mass is 16.5. The highest BCUT2D eigenvalue weighted by Crippen LogP contribution is 2.33. The maximum atomic E-state index is 12.0. The molecule has 1 atom stereocenters. The van der Waals surface area contributed by atoms with Crippen LogP contribution in [0.4, 0.5) is 0 Å². The van der Waals surface area contributed by atoms with Crippen molar-refractivity contribution in [3.63, 3.8) is 0 Å². The van der Waals surface area contributed by atoms with Gasteiger partial charge in [-0.05, 0) is 43.5 Å². The Morgan fingerprint density at radius 3 is 2.50 bits per heavy atom. The van der Waals surface area contributed by atoms with Crippen LogP contribution < -0.4 is 10.1 Å². The standard InChI is InChI=1S/C15H19NO4/c1-2-20-12-7-5-11(6-8-12)14(17)16-13(15(18)19)9-10-3-4-10/h5-8,10,13H,2-4,9H2,1H3,(H,16,17)(H,18,19). The van der Waals surface area contributed by atoms with Crippen molar-refractivity contribution in [3.05, 3.63) is 29.8 Å². The molecule has 0 aliphatic heterocycles. The molecule has 108 valence electrons. The Morgan fingerprint density at radius 2 is 2.00 bits per heavy atom. The van der Waals surface area contributed by atoms with Gasteiger partial charge < -0.3 is 15.2 Å². The number of nitrogens with one attached hydrogen (secondary N) is 1. The van der Waals surface area contributed by atoms with Gasteiger partial charge in [-0.25, -0.2) is 4.79 Å².